The summed E-state index contributed by atoms with van der Waals surface area (Å²) in [6, 6.07) is 5.51. The Hall–Kier alpha value is -2.71. The van der Waals surface area contributed by atoms with Crippen LogP contribution >= 0.6 is 22.9 Å². The lowest BCUT2D eigenvalue weighted by Gasteiger charge is -2.02. The third-order valence-electron chi connectivity index (χ3n) is 3.51. The average Bonchev–Trinajstić information content (AvgIpc) is 2.87. The van der Waals surface area contributed by atoms with E-state index >= 15 is 0 Å². The van der Waals surface area contributed by atoms with Crippen LogP contribution in [0.15, 0.2) is 24.3 Å². The number of thiophene rings is 1. The number of carbonyl (C=O) groups is 2. The van der Waals surface area contributed by atoms with Gasteiger partial charge in [-0.3, -0.25) is 10.1 Å². The van der Waals surface area contributed by atoms with E-state index in [1.807, 2.05) is 0 Å². The molecule has 9 heteroatoms. The van der Waals surface area contributed by atoms with Gasteiger partial charge in [0.2, 0.25) is 0 Å². The molecule has 0 fully saturated rings. The number of carbonyl (C=O) groups excluding carboxylic acids is 1. The number of carboxylic acids is 1. The maximum Gasteiger partial charge on any atom is 0.344 e. The standard InChI is InChI=1S/C15H8ClNO6S/c1-23-15(20)9-3-7-6-2-8(14(18)19)10(16)4-12(6)24-13(7)5-11(9)17(21)22/h2-5H,1H3,(H,18,19). The lowest BCUT2D eigenvalue weighted by molar-refractivity contribution is -0.385. The SMILES string of the molecule is COC(=O)c1cc2c(cc1[N+](=O)[O-])sc1cc(Cl)c(C(=O)O)cc12. The molecule has 24 heavy (non-hydrogen) atoms. The molecule has 0 saturated heterocycles. The van der Waals surface area contributed by atoms with Crippen molar-refractivity contribution >= 4 is 60.7 Å². The average molecular weight is 366 g/mol. The number of hydrogen-bond donors (Lipinski definition) is 1. The summed E-state index contributed by atoms with van der Waals surface area (Å²) in [6.07, 6.45) is 0. The summed E-state index contributed by atoms with van der Waals surface area (Å²) in [5.41, 5.74) is -0.645. The molecule has 0 aliphatic heterocycles. The molecule has 0 bridgehead atoms. The highest BCUT2D eigenvalue weighted by Crippen LogP contribution is 2.40. The Kier molecular flexibility index (Phi) is 3.86. The van der Waals surface area contributed by atoms with Crippen LogP contribution in [0.2, 0.25) is 5.02 Å². The molecule has 0 aliphatic rings. The van der Waals surface area contributed by atoms with Gasteiger partial charge in [0.1, 0.15) is 5.56 Å². The fourth-order valence-electron chi connectivity index (χ4n) is 2.42. The lowest BCUT2D eigenvalue weighted by atomic mass is 10.1. The van der Waals surface area contributed by atoms with Crippen LogP contribution in [0.5, 0.6) is 0 Å². The molecule has 0 radical (unpaired) electrons. The molecule has 1 heterocycles. The number of carboxylic acid groups (broad SMARTS) is 1. The first kappa shape index (κ1) is 16.2. The Labute approximate surface area is 143 Å². The van der Waals surface area contributed by atoms with E-state index in [1.54, 1.807) is 0 Å². The fourth-order valence-corrected chi connectivity index (χ4v) is 3.87. The van der Waals surface area contributed by atoms with E-state index in [2.05, 4.69) is 4.74 Å². The minimum atomic E-state index is -1.18. The van der Waals surface area contributed by atoms with E-state index in [1.165, 1.54) is 35.6 Å². The molecule has 1 aromatic heterocycles. The second-order valence-corrected chi connectivity index (χ2v) is 6.34. The topological polar surface area (TPSA) is 107 Å². The number of nitro benzene ring substituents is 1. The van der Waals surface area contributed by atoms with E-state index in [0.717, 1.165) is 7.11 Å². The number of esters is 1. The van der Waals surface area contributed by atoms with Crippen LogP contribution in [0.1, 0.15) is 20.7 Å². The second kappa shape index (κ2) is 5.73. The largest absolute Gasteiger partial charge is 0.478 e. The Morgan fingerprint density at radius 2 is 1.75 bits per heavy atom. The van der Waals surface area contributed by atoms with Crippen LogP contribution in [0.4, 0.5) is 5.69 Å². The zero-order chi connectivity index (χ0) is 17.6. The van der Waals surface area contributed by atoms with Gasteiger partial charge < -0.3 is 9.84 Å². The van der Waals surface area contributed by atoms with E-state index in [0.29, 0.717) is 20.2 Å². The van der Waals surface area contributed by atoms with E-state index in [4.69, 9.17) is 11.6 Å². The van der Waals surface area contributed by atoms with Crippen LogP contribution in [0.3, 0.4) is 0 Å². The monoisotopic (exact) mass is 365 g/mol. The summed E-state index contributed by atoms with van der Waals surface area (Å²) < 4.78 is 5.80. The quantitative estimate of drug-likeness (QED) is 0.425. The molecule has 0 unspecified atom stereocenters. The zero-order valence-electron chi connectivity index (χ0n) is 12.0. The van der Waals surface area contributed by atoms with Gasteiger partial charge in [0, 0.05) is 26.2 Å². The first-order valence-electron chi connectivity index (χ1n) is 6.49. The molecule has 0 aliphatic carbocycles. The van der Waals surface area contributed by atoms with Gasteiger partial charge in [0.05, 0.1) is 22.6 Å². The Morgan fingerprint density at radius 1 is 1.17 bits per heavy atom. The molecule has 0 spiro atoms. The number of fused-ring (bicyclic) bond motifs is 3. The summed E-state index contributed by atoms with van der Waals surface area (Å²) in [4.78, 5) is 33.6. The number of ether oxygens (including phenoxy) is 1. The first-order valence-corrected chi connectivity index (χ1v) is 7.68. The number of rotatable bonds is 3. The van der Waals surface area contributed by atoms with Gasteiger partial charge in [0.15, 0.2) is 0 Å². The van der Waals surface area contributed by atoms with Gasteiger partial charge in [-0.2, -0.15) is 0 Å². The van der Waals surface area contributed by atoms with Crippen molar-refractivity contribution in [3.63, 3.8) is 0 Å². The number of hydrogen-bond acceptors (Lipinski definition) is 6. The van der Waals surface area contributed by atoms with Crippen molar-refractivity contribution in [2.45, 2.75) is 0 Å². The lowest BCUT2D eigenvalue weighted by Crippen LogP contribution is -2.05. The maximum absolute atomic E-state index is 11.8. The van der Waals surface area contributed by atoms with Crippen molar-refractivity contribution in [1.29, 1.82) is 0 Å². The highest BCUT2D eigenvalue weighted by molar-refractivity contribution is 7.25. The van der Waals surface area contributed by atoms with Gasteiger partial charge in [0.25, 0.3) is 5.69 Å². The summed E-state index contributed by atoms with van der Waals surface area (Å²) in [5.74, 6) is -2.02. The molecular formula is C15H8ClNO6S. The van der Waals surface area contributed by atoms with Crippen LogP contribution in [-0.4, -0.2) is 29.1 Å². The predicted octanol–water partition coefficient (Wildman–Crippen LogP) is 4.10. The summed E-state index contributed by atoms with van der Waals surface area (Å²) in [6.45, 7) is 0. The molecule has 0 atom stereocenters. The van der Waals surface area contributed by atoms with Gasteiger partial charge in [-0.1, -0.05) is 11.6 Å². The van der Waals surface area contributed by atoms with Gasteiger partial charge in [-0.15, -0.1) is 11.3 Å². The molecule has 7 nitrogen and oxygen atoms in total. The van der Waals surface area contributed by atoms with Gasteiger partial charge in [-0.25, -0.2) is 9.59 Å². The number of benzene rings is 2. The van der Waals surface area contributed by atoms with Crippen LogP contribution in [-0.2, 0) is 4.74 Å². The number of aromatic carboxylic acids is 1. The van der Waals surface area contributed by atoms with Crippen molar-refractivity contribution in [3.8, 4) is 0 Å². The summed E-state index contributed by atoms with van der Waals surface area (Å²) in [5, 5.41) is 21.5. The molecule has 0 saturated carbocycles. The van der Waals surface area contributed by atoms with Crippen LogP contribution in [0.25, 0.3) is 20.2 Å². The first-order chi connectivity index (χ1) is 11.3. The Balaban J connectivity index is 2.42. The summed E-state index contributed by atoms with van der Waals surface area (Å²) >= 11 is 7.18. The molecule has 3 aromatic rings. The summed E-state index contributed by atoms with van der Waals surface area (Å²) in [7, 11) is 1.13. The fraction of sp³-hybridized carbons (Fsp3) is 0.0667. The van der Waals surface area contributed by atoms with E-state index in [-0.39, 0.29) is 21.8 Å². The maximum atomic E-state index is 11.8. The van der Waals surface area contributed by atoms with Crippen LogP contribution < -0.4 is 0 Å². The highest BCUT2D eigenvalue weighted by atomic mass is 35.5. The molecule has 2 aromatic carbocycles. The van der Waals surface area contributed by atoms with E-state index in [9.17, 15) is 24.8 Å². The van der Waals surface area contributed by atoms with Crippen molar-refractivity contribution in [3.05, 3.63) is 50.5 Å². The van der Waals surface area contributed by atoms with Gasteiger partial charge in [-0.05, 0) is 18.2 Å². The Bertz CT molecular complexity index is 1040. The van der Waals surface area contributed by atoms with Crippen LogP contribution in [0, 0.1) is 10.1 Å². The van der Waals surface area contributed by atoms with Crippen molar-refractivity contribution in [1.82, 2.24) is 0 Å². The molecule has 0 amide bonds. The number of methoxy groups -OCH3 is 1. The second-order valence-electron chi connectivity index (χ2n) is 4.85. The smallest absolute Gasteiger partial charge is 0.344 e. The van der Waals surface area contributed by atoms with Crippen molar-refractivity contribution in [2.75, 3.05) is 7.11 Å². The number of halogens is 1. The van der Waals surface area contributed by atoms with Gasteiger partial charge >= 0.3 is 11.9 Å². The molecule has 3 rings (SSSR count). The molecule has 1 N–H and O–H groups in total. The predicted molar refractivity (Wildman–Crippen MR) is 89.3 cm³/mol. The Morgan fingerprint density at radius 3 is 2.29 bits per heavy atom. The third kappa shape index (κ3) is 2.45. The highest BCUT2D eigenvalue weighted by Gasteiger charge is 2.24. The van der Waals surface area contributed by atoms with E-state index < -0.39 is 16.9 Å². The minimum Gasteiger partial charge on any atom is -0.478 e. The molecular weight excluding hydrogens is 358 g/mol. The van der Waals surface area contributed by atoms with Crippen molar-refractivity contribution in [2.24, 2.45) is 0 Å². The van der Waals surface area contributed by atoms with Crippen molar-refractivity contribution < 1.29 is 24.4 Å². The number of nitrogens with zero attached hydrogens (tertiary/aromatic N) is 1. The third-order valence-corrected chi connectivity index (χ3v) is 4.94. The normalized spacial score (nSPS) is 10.9. The number of nitro groups is 1. The molecule has 122 valence electrons. The minimum absolute atomic E-state index is 0.0734. The zero-order valence-corrected chi connectivity index (χ0v) is 13.6.